The lowest BCUT2D eigenvalue weighted by Crippen LogP contribution is -2.34. The molecule has 0 radical (unpaired) electrons. The minimum atomic E-state index is -3.02. The first-order valence-corrected chi connectivity index (χ1v) is 8.21. The summed E-state index contributed by atoms with van der Waals surface area (Å²) in [6.07, 6.45) is 2.24. The van der Waals surface area contributed by atoms with Crippen molar-refractivity contribution in [2.45, 2.75) is 43.6 Å². The monoisotopic (exact) mass is 267 g/mol. The molecule has 1 heterocycles. The predicted octanol–water partition coefficient (Wildman–Crippen LogP) is 2.63. The fraction of sp³-hybridized carbons (Fsp3) is 0.571. The third kappa shape index (κ3) is 2.53. The molecule has 2 rings (SSSR count). The summed E-state index contributed by atoms with van der Waals surface area (Å²) in [7, 11) is -3.02. The van der Waals surface area contributed by atoms with Crippen molar-refractivity contribution in [3.63, 3.8) is 0 Å². The van der Waals surface area contributed by atoms with Crippen molar-refractivity contribution >= 4 is 15.5 Å². The van der Waals surface area contributed by atoms with Gasteiger partial charge in [-0.3, -0.25) is 0 Å². The van der Waals surface area contributed by atoms with E-state index in [1.54, 1.807) is 0 Å². The maximum atomic E-state index is 12.4. The number of hydrogen-bond acceptors (Lipinski definition) is 3. The molecule has 2 unspecified atom stereocenters. The van der Waals surface area contributed by atoms with Gasteiger partial charge in [0.15, 0.2) is 9.84 Å². The highest BCUT2D eigenvalue weighted by atomic mass is 32.2. The molecule has 1 aromatic carbocycles. The number of sulfone groups is 1. The van der Waals surface area contributed by atoms with Crippen molar-refractivity contribution in [1.29, 1.82) is 0 Å². The molecule has 1 aliphatic rings. The standard InChI is InChI=1S/C14H21NO2S/c1-3-11(2)18(16,17)13-9-8-12-6-4-5-7-14(12)15-10-13/h4-7,11,13,15H,3,8-10H2,1-2H3. The van der Waals surface area contributed by atoms with E-state index < -0.39 is 9.84 Å². The van der Waals surface area contributed by atoms with E-state index in [0.29, 0.717) is 13.0 Å². The highest BCUT2D eigenvalue weighted by Gasteiger charge is 2.31. The van der Waals surface area contributed by atoms with Crippen LogP contribution in [0, 0.1) is 0 Å². The number of aryl methyl sites for hydroxylation is 1. The molecule has 0 spiro atoms. The Morgan fingerprint density at radius 2 is 2.11 bits per heavy atom. The van der Waals surface area contributed by atoms with Crippen LogP contribution in [0.3, 0.4) is 0 Å². The van der Waals surface area contributed by atoms with Crippen LogP contribution in [0.1, 0.15) is 32.3 Å². The van der Waals surface area contributed by atoms with Gasteiger partial charge in [-0.25, -0.2) is 8.42 Å². The van der Waals surface area contributed by atoms with Gasteiger partial charge in [0.05, 0.1) is 10.5 Å². The molecular formula is C14H21NO2S. The van der Waals surface area contributed by atoms with E-state index >= 15 is 0 Å². The van der Waals surface area contributed by atoms with Gasteiger partial charge < -0.3 is 5.32 Å². The summed E-state index contributed by atoms with van der Waals surface area (Å²) < 4.78 is 24.8. The molecule has 0 amide bonds. The van der Waals surface area contributed by atoms with E-state index in [2.05, 4.69) is 11.4 Å². The van der Waals surface area contributed by atoms with E-state index in [-0.39, 0.29) is 10.5 Å². The first kappa shape index (κ1) is 13.4. The Labute approximate surface area is 110 Å². The fourth-order valence-electron chi connectivity index (χ4n) is 2.39. The van der Waals surface area contributed by atoms with E-state index in [0.717, 1.165) is 18.5 Å². The summed E-state index contributed by atoms with van der Waals surface area (Å²) in [4.78, 5) is 0. The number of para-hydroxylation sites is 1. The van der Waals surface area contributed by atoms with Crippen LogP contribution in [0.4, 0.5) is 5.69 Å². The van der Waals surface area contributed by atoms with Crippen LogP contribution in [0.15, 0.2) is 24.3 Å². The van der Waals surface area contributed by atoms with E-state index in [9.17, 15) is 8.42 Å². The maximum absolute atomic E-state index is 12.4. The topological polar surface area (TPSA) is 46.2 Å². The van der Waals surface area contributed by atoms with Crippen molar-refractivity contribution in [3.05, 3.63) is 29.8 Å². The first-order chi connectivity index (χ1) is 8.55. The molecule has 2 atom stereocenters. The Morgan fingerprint density at radius 1 is 1.39 bits per heavy atom. The van der Waals surface area contributed by atoms with E-state index in [4.69, 9.17) is 0 Å². The van der Waals surface area contributed by atoms with Crippen LogP contribution in [0.2, 0.25) is 0 Å². The van der Waals surface area contributed by atoms with Crippen LogP contribution >= 0.6 is 0 Å². The molecular weight excluding hydrogens is 246 g/mol. The van der Waals surface area contributed by atoms with Gasteiger partial charge >= 0.3 is 0 Å². The molecule has 0 bridgehead atoms. The average Bonchev–Trinajstić information content (AvgIpc) is 2.60. The average molecular weight is 267 g/mol. The Balaban J connectivity index is 2.18. The summed E-state index contributed by atoms with van der Waals surface area (Å²) in [6, 6.07) is 8.08. The zero-order valence-electron chi connectivity index (χ0n) is 11.0. The van der Waals surface area contributed by atoms with Gasteiger partial charge in [0, 0.05) is 12.2 Å². The Hall–Kier alpha value is -1.03. The molecule has 4 heteroatoms. The van der Waals surface area contributed by atoms with Gasteiger partial charge in [-0.05, 0) is 37.8 Å². The highest BCUT2D eigenvalue weighted by Crippen LogP contribution is 2.25. The van der Waals surface area contributed by atoms with Gasteiger partial charge in [-0.2, -0.15) is 0 Å². The second-order valence-electron chi connectivity index (χ2n) is 5.01. The number of anilines is 1. The number of nitrogens with one attached hydrogen (secondary N) is 1. The Bertz CT molecular complexity index is 483. The van der Waals surface area contributed by atoms with Gasteiger partial charge in [0.2, 0.25) is 0 Å². The molecule has 1 N–H and O–H groups in total. The van der Waals surface area contributed by atoms with Crippen LogP contribution in [0.25, 0.3) is 0 Å². The number of fused-ring (bicyclic) bond motifs is 1. The first-order valence-electron chi connectivity index (χ1n) is 6.60. The fourth-order valence-corrected chi connectivity index (χ4v) is 4.28. The molecule has 100 valence electrons. The predicted molar refractivity (Wildman–Crippen MR) is 75.7 cm³/mol. The van der Waals surface area contributed by atoms with Gasteiger partial charge in [0.25, 0.3) is 0 Å². The van der Waals surface area contributed by atoms with Crippen LogP contribution < -0.4 is 5.32 Å². The summed E-state index contributed by atoms with van der Waals surface area (Å²) >= 11 is 0. The summed E-state index contributed by atoms with van der Waals surface area (Å²) in [6.45, 7) is 4.28. The summed E-state index contributed by atoms with van der Waals surface area (Å²) in [5.74, 6) is 0. The lowest BCUT2D eigenvalue weighted by atomic mass is 10.1. The second-order valence-corrected chi connectivity index (χ2v) is 7.66. The minimum absolute atomic E-state index is 0.245. The van der Waals surface area contributed by atoms with Crippen molar-refractivity contribution in [1.82, 2.24) is 0 Å². The molecule has 18 heavy (non-hydrogen) atoms. The third-order valence-electron chi connectivity index (χ3n) is 3.87. The molecule has 0 saturated carbocycles. The number of rotatable bonds is 3. The lowest BCUT2D eigenvalue weighted by molar-refractivity contribution is 0.560. The van der Waals surface area contributed by atoms with Gasteiger partial charge in [-0.15, -0.1) is 0 Å². The van der Waals surface area contributed by atoms with Crippen LogP contribution in [0.5, 0.6) is 0 Å². The van der Waals surface area contributed by atoms with Crippen molar-refractivity contribution in [2.24, 2.45) is 0 Å². The number of hydrogen-bond donors (Lipinski definition) is 1. The van der Waals surface area contributed by atoms with Gasteiger partial charge in [0.1, 0.15) is 0 Å². The smallest absolute Gasteiger partial charge is 0.157 e. The molecule has 0 saturated heterocycles. The SMILES string of the molecule is CCC(C)S(=O)(=O)C1CCc2ccccc2NC1. The van der Waals surface area contributed by atoms with Crippen molar-refractivity contribution in [3.8, 4) is 0 Å². The Kier molecular flexibility index (Phi) is 3.95. The zero-order valence-corrected chi connectivity index (χ0v) is 11.8. The molecule has 0 fully saturated rings. The highest BCUT2D eigenvalue weighted by molar-refractivity contribution is 7.92. The normalized spacial score (nSPS) is 21.6. The second kappa shape index (κ2) is 5.31. The molecule has 1 aliphatic heterocycles. The number of benzene rings is 1. The van der Waals surface area contributed by atoms with Crippen LogP contribution in [-0.4, -0.2) is 25.5 Å². The summed E-state index contributed by atoms with van der Waals surface area (Å²) in [5, 5.41) is 2.77. The zero-order chi connectivity index (χ0) is 13.2. The van der Waals surface area contributed by atoms with Crippen molar-refractivity contribution in [2.75, 3.05) is 11.9 Å². The Morgan fingerprint density at radius 3 is 2.83 bits per heavy atom. The lowest BCUT2D eigenvalue weighted by Gasteiger charge is -2.19. The summed E-state index contributed by atoms with van der Waals surface area (Å²) in [5.41, 5.74) is 2.30. The largest absolute Gasteiger partial charge is 0.384 e. The van der Waals surface area contributed by atoms with Crippen molar-refractivity contribution < 1.29 is 8.42 Å². The third-order valence-corrected chi connectivity index (χ3v) is 6.66. The molecule has 3 nitrogen and oxygen atoms in total. The van der Waals surface area contributed by atoms with E-state index in [1.165, 1.54) is 5.56 Å². The minimum Gasteiger partial charge on any atom is -0.384 e. The molecule has 0 aliphatic carbocycles. The van der Waals surface area contributed by atoms with E-state index in [1.807, 2.05) is 32.0 Å². The maximum Gasteiger partial charge on any atom is 0.157 e. The molecule has 0 aromatic heterocycles. The quantitative estimate of drug-likeness (QED) is 0.915. The molecule has 1 aromatic rings. The van der Waals surface area contributed by atoms with Gasteiger partial charge in [-0.1, -0.05) is 25.1 Å². The van der Waals surface area contributed by atoms with Crippen LogP contribution in [-0.2, 0) is 16.3 Å².